The average Bonchev–Trinajstić information content (AvgIpc) is 2.79. The van der Waals surface area contributed by atoms with Gasteiger partial charge in [-0.3, -0.25) is 0 Å². The van der Waals surface area contributed by atoms with Gasteiger partial charge in [-0.2, -0.15) is 0 Å². The SMILES string of the molecule is NC(=Nc1cc(F)c(Br)cc1F)C1CCCC1. The largest absolute Gasteiger partial charge is 0.387 e. The number of halogens is 3. The van der Waals surface area contributed by atoms with Gasteiger partial charge in [-0.05, 0) is 34.8 Å². The predicted octanol–water partition coefficient (Wildman–Crippen LogP) is 3.91. The van der Waals surface area contributed by atoms with E-state index in [1.165, 1.54) is 0 Å². The van der Waals surface area contributed by atoms with Crippen molar-refractivity contribution in [3.05, 3.63) is 28.2 Å². The van der Waals surface area contributed by atoms with E-state index in [4.69, 9.17) is 5.73 Å². The molecule has 0 unspecified atom stereocenters. The smallest absolute Gasteiger partial charge is 0.150 e. The van der Waals surface area contributed by atoms with Crippen LogP contribution in [0.15, 0.2) is 21.6 Å². The van der Waals surface area contributed by atoms with Crippen LogP contribution in [0.5, 0.6) is 0 Å². The maximum atomic E-state index is 13.5. The van der Waals surface area contributed by atoms with Crippen molar-refractivity contribution in [3.8, 4) is 0 Å². The van der Waals surface area contributed by atoms with E-state index in [9.17, 15) is 8.78 Å². The number of rotatable bonds is 2. The van der Waals surface area contributed by atoms with Crippen LogP contribution >= 0.6 is 15.9 Å². The van der Waals surface area contributed by atoms with Crippen molar-refractivity contribution in [2.75, 3.05) is 0 Å². The lowest BCUT2D eigenvalue weighted by Gasteiger charge is -2.08. The lowest BCUT2D eigenvalue weighted by atomic mass is 10.1. The first-order valence-corrected chi connectivity index (χ1v) is 6.36. The van der Waals surface area contributed by atoms with Crippen molar-refractivity contribution < 1.29 is 8.78 Å². The molecule has 0 aromatic heterocycles. The fourth-order valence-corrected chi connectivity index (χ4v) is 2.37. The zero-order valence-corrected chi connectivity index (χ0v) is 10.8. The maximum absolute atomic E-state index is 13.5. The summed E-state index contributed by atoms with van der Waals surface area (Å²) in [4.78, 5) is 4.00. The molecule has 92 valence electrons. The molecule has 1 aromatic rings. The molecule has 2 nitrogen and oxygen atoms in total. The van der Waals surface area contributed by atoms with Crippen LogP contribution in [0.2, 0.25) is 0 Å². The van der Waals surface area contributed by atoms with Crippen LogP contribution in [0.1, 0.15) is 25.7 Å². The molecule has 0 aliphatic heterocycles. The Bertz CT molecular complexity index is 454. The van der Waals surface area contributed by atoms with Gasteiger partial charge in [-0.1, -0.05) is 12.8 Å². The average molecular weight is 303 g/mol. The molecule has 0 saturated heterocycles. The lowest BCUT2D eigenvalue weighted by Crippen LogP contribution is -2.20. The summed E-state index contributed by atoms with van der Waals surface area (Å²) in [7, 11) is 0. The van der Waals surface area contributed by atoms with Crippen LogP contribution in [-0.2, 0) is 0 Å². The molecule has 0 spiro atoms. The van der Waals surface area contributed by atoms with Crippen LogP contribution in [0.4, 0.5) is 14.5 Å². The summed E-state index contributed by atoms with van der Waals surface area (Å²) in [5.74, 6) is -0.493. The van der Waals surface area contributed by atoms with Gasteiger partial charge < -0.3 is 5.73 Å². The highest BCUT2D eigenvalue weighted by Gasteiger charge is 2.19. The minimum atomic E-state index is -0.570. The van der Waals surface area contributed by atoms with Gasteiger partial charge in [0.05, 0.1) is 4.47 Å². The van der Waals surface area contributed by atoms with E-state index in [2.05, 4.69) is 20.9 Å². The van der Waals surface area contributed by atoms with Crippen LogP contribution in [0.25, 0.3) is 0 Å². The number of nitrogens with zero attached hydrogens (tertiary/aromatic N) is 1. The highest BCUT2D eigenvalue weighted by Crippen LogP contribution is 2.29. The summed E-state index contributed by atoms with van der Waals surface area (Å²) < 4.78 is 26.9. The Kier molecular flexibility index (Phi) is 3.76. The molecule has 2 N–H and O–H groups in total. The molecular formula is C12H13BrF2N2. The number of nitrogens with two attached hydrogens (primary N) is 1. The predicted molar refractivity (Wildman–Crippen MR) is 67.3 cm³/mol. The first-order chi connectivity index (χ1) is 8.08. The molecule has 0 heterocycles. The van der Waals surface area contributed by atoms with Gasteiger partial charge >= 0.3 is 0 Å². The summed E-state index contributed by atoms with van der Waals surface area (Å²) >= 11 is 2.92. The van der Waals surface area contributed by atoms with E-state index in [0.29, 0.717) is 5.84 Å². The quantitative estimate of drug-likeness (QED) is 0.502. The van der Waals surface area contributed by atoms with Gasteiger partial charge in [0.2, 0.25) is 0 Å². The zero-order valence-electron chi connectivity index (χ0n) is 9.22. The summed E-state index contributed by atoms with van der Waals surface area (Å²) in [6, 6.07) is 2.12. The number of hydrogen-bond donors (Lipinski definition) is 1. The number of amidine groups is 1. The molecule has 0 bridgehead atoms. The summed E-state index contributed by atoms with van der Waals surface area (Å²) in [6.07, 6.45) is 4.21. The van der Waals surface area contributed by atoms with Crippen molar-refractivity contribution in [2.24, 2.45) is 16.6 Å². The van der Waals surface area contributed by atoms with Crippen molar-refractivity contribution >= 4 is 27.5 Å². The van der Waals surface area contributed by atoms with E-state index in [1.807, 2.05) is 0 Å². The second-order valence-corrected chi connectivity index (χ2v) is 5.09. The van der Waals surface area contributed by atoms with Gasteiger partial charge in [-0.15, -0.1) is 0 Å². The molecular weight excluding hydrogens is 290 g/mol. The lowest BCUT2D eigenvalue weighted by molar-refractivity contribution is 0.596. The minimum Gasteiger partial charge on any atom is -0.387 e. The van der Waals surface area contributed by atoms with Gasteiger partial charge in [0, 0.05) is 12.0 Å². The Morgan fingerprint density at radius 3 is 2.53 bits per heavy atom. The van der Waals surface area contributed by atoms with Gasteiger partial charge in [0.1, 0.15) is 23.2 Å². The Hall–Kier alpha value is -0.970. The molecule has 5 heteroatoms. The molecule has 0 amide bonds. The number of benzene rings is 1. The summed E-state index contributed by atoms with van der Waals surface area (Å²) in [5, 5.41) is 0. The molecule has 1 aromatic carbocycles. The summed E-state index contributed by atoms with van der Waals surface area (Å²) in [5.41, 5.74) is 5.78. The second-order valence-electron chi connectivity index (χ2n) is 4.24. The monoisotopic (exact) mass is 302 g/mol. The summed E-state index contributed by atoms with van der Waals surface area (Å²) in [6.45, 7) is 0. The normalized spacial score (nSPS) is 17.7. The highest BCUT2D eigenvalue weighted by atomic mass is 79.9. The number of hydrogen-bond acceptors (Lipinski definition) is 1. The molecule has 2 rings (SSSR count). The Labute approximate surface area is 107 Å². The van der Waals surface area contributed by atoms with Crippen LogP contribution in [-0.4, -0.2) is 5.84 Å². The number of aliphatic imine (C=N–C) groups is 1. The first kappa shape index (κ1) is 12.5. The minimum absolute atomic E-state index is 0.0323. The Morgan fingerprint density at radius 1 is 1.24 bits per heavy atom. The Balaban J connectivity index is 2.28. The van der Waals surface area contributed by atoms with Crippen molar-refractivity contribution in [1.29, 1.82) is 0 Å². The Morgan fingerprint density at radius 2 is 1.88 bits per heavy atom. The second kappa shape index (κ2) is 5.12. The van der Waals surface area contributed by atoms with Crippen LogP contribution < -0.4 is 5.73 Å². The first-order valence-electron chi connectivity index (χ1n) is 5.56. The van der Waals surface area contributed by atoms with E-state index >= 15 is 0 Å². The van der Waals surface area contributed by atoms with Crippen molar-refractivity contribution in [3.63, 3.8) is 0 Å². The fraction of sp³-hybridized carbons (Fsp3) is 0.417. The van der Waals surface area contributed by atoms with Crippen LogP contribution in [0, 0.1) is 17.6 Å². The van der Waals surface area contributed by atoms with Crippen molar-refractivity contribution in [2.45, 2.75) is 25.7 Å². The topological polar surface area (TPSA) is 38.4 Å². The van der Waals surface area contributed by atoms with E-state index in [-0.39, 0.29) is 16.1 Å². The van der Waals surface area contributed by atoms with Crippen LogP contribution in [0.3, 0.4) is 0 Å². The molecule has 0 radical (unpaired) electrons. The van der Waals surface area contributed by atoms with Gasteiger partial charge in [0.15, 0.2) is 0 Å². The van der Waals surface area contributed by atoms with Crippen molar-refractivity contribution in [1.82, 2.24) is 0 Å². The molecule has 17 heavy (non-hydrogen) atoms. The molecule has 1 aliphatic rings. The standard InChI is InChI=1S/C12H13BrF2N2/c13-8-5-10(15)11(6-9(8)14)17-12(16)7-3-1-2-4-7/h5-7H,1-4H2,(H2,16,17). The fourth-order valence-electron chi connectivity index (χ4n) is 2.05. The van der Waals surface area contributed by atoms with E-state index < -0.39 is 11.6 Å². The van der Waals surface area contributed by atoms with E-state index in [0.717, 1.165) is 37.8 Å². The third kappa shape index (κ3) is 2.83. The van der Waals surface area contributed by atoms with Gasteiger partial charge in [-0.25, -0.2) is 13.8 Å². The van der Waals surface area contributed by atoms with Gasteiger partial charge in [0.25, 0.3) is 0 Å². The third-order valence-electron chi connectivity index (χ3n) is 3.01. The van der Waals surface area contributed by atoms with E-state index in [1.54, 1.807) is 0 Å². The zero-order chi connectivity index (χ0) is 12.4. The molecule has 0 atom stereocenters. The maximum Gasteiger partial charge on any atom is 0.150 e. The molecule has 1 saturated carbocycles. The molecule has 1 fully saturated rings. The highest BCUT2D eigenvalue weighted by molar-refractivity contribution is 9.10. The third-order valence-corrected chi connectivity index (χ3v) is 3.62. The molecule has 1 aliphatic carbocycles.